The third-order valence-electron chi connectivity index (χ3n) is 7.39. The number of nitrogens with one attached hydrogen (secondary N) is 3. The molecule has 0 radical (unpaired) electrons. The number of halogens is 2. The van der Waals surface area contributed by atoms with E-state index in [-0.39, 0.29) is 28.8 Å². The lowest BCUT2D eigenvalue weighted by atomic mass is 9.98. The lowest BCUT2D eigenvalue weighted by Crippen LogP contribution is -2.31. The number of aryl methyl sites for hydroxylation is 1. The molecular weight excluding hydrogens is 494 g/mol. The zero-order valence-corrected chi connectivity index (χ0v) is 20.8. The number of benzene rings is 2. The Balaban J connectivity index is 1.29. The number of ether oxygens (including phenoxy) is 2. The molecule has 2 aromatic carbocycles. The van der Waals surface area contributed by atoms with Gasteiger partial charge in [0.05, 0.1) is 43.0 Å². The van der Waals surface area contributed by atoms with E-state index in [1.54, 1.807) is 19.2 Å². The summed E-state index contributed by atoms with van der Waals surface area (Å²) in [7, 11) is 1.38. The maximum absolute atomic E-state index is 15.0. The standard InChI is InChI=1S/C27H26F2N6O3/c1-13-18(11-31-35-13)25(14-3-4-24(37-2)21(29)6-14)34-26(36)15-7-20(28)19-10-30-27(33-23(19)8-15)32-22-9-17-5-16(22)12-38-17/h3-4,6-8,10-11,16-17,22,25H,5,9,12H2,1-2H3,(H,31,35)(H,34,36)(H,30,32,33). The lowest BCUT2D eigenvalue weighted by molar-refractivity contribution is 0.0723. The molecule has 38 heavy (non-hydrogen) atoms. The highest BCUT2D eigenvalue weighted by molar-refractivity contribution is 5.98. The monoisotopic (exact) mass is 520 g/mol. The van der Waals surface area contributed by atoms with Crippen LogP contribution in [0.5, 0.6) is 5.75 Å². The van der Waals surface area contributed by atoms with Gasteiger partial charge < -0.3 is 20.1 Å². The number of nitrogens with zero attached hydrogens (tertiary/aromatic N) is 3. The zero-order valence-electron chi connectivity index (χ0n) is 20.8. The van der Waals surface area contributed by atoms with Crippen molar-refractivity contribution in [2.24, 2.45) is 5.92 Å². The number of hydrogen-bond acceptors (Lipinski definition) is 7. The van der Waals surface area contributed by atoms with Gasteiger partial charge in [-0.3, -0.25) is 9.89 Å². The van der Waals surface area contributed by atoms with Crippen molar-refractivity contribution < 1.29 is 23.0 Å². The van der Waals surface area contributed by atoms with Crippen LogP contribution in [0, 0.1) is 24.5 Å². The molecule has 11 heteroatoms. The normalized spacial score (nSPS) is 21.0. The molecule has 3 heterocycles. The molecule has 1 amide bonds. The average molecular weight is 521 g/mol. The topological polar surface area (TPSA) is 114 Å². The van der Waals surface area contributed by atoms with Crippen molar-refractivity contribution in [3.05, 3.63) is 76.7 Å². The number of H-pyrrole nitrogens is 1. The molecule has 196 valence electrons. The SMILES string of the molecule is COc1ccc(C(NC(=O)c2cc(F)c3cnc(NC4CC5CC4CO5)nc3c2)c2cn[nH]c2C)cc1F. The van der Waals surface area contributed by atoms with Crippen LogP contribution in [0.15, 0.2) is 42.7 Å². The van der Waals surface area contributed by atoms with Gasteiger partial charge >= 0.3 is 0 Å². The fourth-order valence-corrected chi connectivity index (χ4v) is 5.36. The molecule has 9 nitrogen and oxygen atoms in total. The molecule has 2 fully saturated rings. The van der Waals surface area contributed by atoms with Crippen LogP contribution in [0.1, 0.15) is 46.1 Å². The molecular formula is C27H26F2N6O3. The first-order valence-corrected chi connectivity index (χ1v) is 12.4. The summed E-state index contributed by atoms with van der Waals surface area (Å²) in [5.74, 6) is -0.862. The molecule has 6 rings (SSSR count). The van der Waals surface area contributed by atoms with Crippen LogP contribution in [-0.2, 0) is 4.74 Å². The van der Waals surface area contributed by atoms with Crippen molar-refractivity contribution in [3.8, 4) is 5.75 Å². The van der Waals surface area contributed by atoms with Crippen LogP contribution in [0.2, 0.25) is 0 Å². The highest BCUT2D eigenvalue weighted by atomic mass is 19.1. The molecule has 1 saturated heterocycles. The molecule has 2 aliphatic rings. The smallest absolute Gasteiger partial charge is 0.252 e. The first kappa shape index (κ1) is 24.2. The second kappa shape index (κ2) is 9.64. The van der Waals surface area contributed by atoms with Crippen molar-refractivity contribution in [3.63, 3.8) is 0 Å². The van der Waals surface area contributed by atoms with Crippen LogP contribution in [0.3, 0.4) is 0 Å². The number of methoxy groups -OCH3 is 1. The van der Waals surface area contributed by atoms with Gasteiger partial charge in [0.15, 0.2) is 11.6 Å². The van der Waals surface area contributed by atoms with E-state index in [0.29, 0.717) is 40.8 Å². The number of carbonyl (C=O) groups is 1. The first-order chi connectivity index (χ1) is 18.4. The summed E-state index contributed by atoms with van der Waals surface area (Å²) in [5.41, 5.74) is 2.20. The molecule has 4 atom stereocenters. The second-order valence-electron chi connectivity index (χ2n) is 9.77. The van der Waals surface area contributed by atoms with Gasteiger partial charge in [0.2, 0.25) is 5.95 Å². The van der Waals surface area contributed by atoms with E-state index in [9.17, 15) is 9.18 Å². The minimum absolute atomic E-state index is 0.0769. The quantitative estimate of drug-likeness (QED) is 0.337. The maximum Gasteiger partial charge on any atom is 0.252 e. The molecule has 0 spiro atoms. The Morgan fingerprint density at radius 1 is 1.18 bits per heavy atom. The van der Waals surface area contributed by atoms with Crippen LogP contribution in [0.25, 0.3) is 10.9 Å². The number of carbonyl (C=O) groups excluding carboxylic acids is 1. The van der Waals surface area contributed by atoms with Gasteiger partial charge in [-0.05, 0) is 49.6 Å². The second-order valence-corrected chi connectivity index (χ2v) is 9.77. The Bertz CT molecular complexity index is 1530. The van der Waals surface area contributed by atoms with Gasteiger partial charge in [-0.25, -0.2) is 18.7 Å². The predicted molar refractivity (Wildman–Crippen MR) is 135 cm³/mol. The molecule has 1 aliphatic heterocycles. The predicted octanol–water partition coefficient (Wildman–Crippen LogP) is 4.06. The summed E-state index contributed by atoms with van der Waals surface area (Å²) >= 11 is 0. The van der Waals surface area contributed by atoms with Gasteiger partial charge in [-0.2, -0.15) is 5.10 Å². The number of fused-ring (bicyclic) bond motifs is 3. The number of amides is 1. The fraction of sp³-hybridized carbons (Fsp3) is 0.333. The lowest BCUT2D eigenvalue weighted by Gasteiger charge is -2.23. The van der Waals surface area contributed by atoms with Crippen molar-refractivity contribution in [2.75, 3.05) is 19.0 Å². The van der Waals surface area contributed by atoms with E-state index in [2.05, 4.69) is 30.8 Å². The minimum Gasteiger partial charge on any atom is -0.494 e. The summed E-state index contributed by atoms with van der Waals surface area (Å²) in [4.78, 5) is 22.2. The van der Waals surface area contributed by atoms with Gasteiger partial charge in [0.25, 0.3) is 5.91 Å². The Hall–Kier alpha value is -4.12. The van der Waals surface area contributed by atoms with E-state index < -0.39 is 23.6 Å². The number of aromatic nitrogens is 4. The minimum atomic E-state index is -0.747. The Kier molecular flexibility index (Phi) is 6.15. The van der Waals surface area contributed by atoms with Gasteiger partial charge in [0, 0.05) is 35.0 Å². The van der Waals surface area contributed by atoms with Gasteiger partial charge in [-0.1, -0.05) is 6.07 Å². The van der Waals surface area contributed by atoms with Crippen LogP contribution in [0.4, 0.5) is 14.7 Å². The summed E-state index contributed by atoms with van der Waals surface area (Å²) in [6.07, 6.45) is 5.14. The van der Waals surface area contributed by atoms with E-state index in [4.69, 9.17) is 9.47 Å². The number of hydrogen-bond donors (Lipinski definition) is 3. The van der Waals surface area contributed by atoms with Crippen LogP contribution in [-0.4, -0.2) is 51.9 Å². The Morgan fingerprint density at radius 2 is 2.05 bits per heavy atom. The summed E-state index contributed by atoms with van der Waals surface area (Å²) in [6.45, 7) is 2.51. The Labute approximate surface area is 217 Å². The van der Waals surface area contributed by atoms with Crippen LogP contribution < -0.4 is 15.4 Å². The van der Waals surface area contributed by atoms with Crippen LogP contribution >= 0.6 is 0 Å². The first-order valence-electron chi connectivity index (χ1n) is 12.4. The number of anilines is 1. The van der Waals surface area contributed by atoms with Gasteiger partial charge in [-0.15, -0.1) is 0 Å². The summed E-state index contributed by atoms with van der Waals surface area (Å²) in [5, 5.41) is 13.3. The molecule has 1 aliphatic carbocycles. The van der Waals surface area contributed by atoms with E-state index in [1.807, 2.05) is 0 Å². The Morgan fingerprint density at radius 3 is 2.74 bits per heavy atom. The molecule has 1 saturated carbocycles. The highest BCUT2D eigenvalue weighted by Crippen LogP contribution is 2.37. The fourth-order valence-electron chi connectivity index (χ4n) is 5.36. The largest absolute Gasteiger partial charge is 0.494 e. The summed E-state index contributed by atoms with van der Waals surface area (Å²) in [6, 6.07) is 6.57. The van der Waals surface area contributed by atoms with Gasteiger partial charge in [0.1, 0.15) is 5.82 Å². The van der Waals surface area contributed by atoms with E-state index >= 15 is 4.39 Å². The van der Waals surface area contributed by atoms with Crippen molar-refractivity contribution in [1.29, 1.82) is 0 Å². The van der Waals surface area contributed by atoms with Crippen molar-refractivity contribution >= 4 is 22.8 Å². The third kappa shape index (κ3) is 4.43. The summed E-state index contributed by atoms with van der Waals surface area (Å²) < 4.78 is 40.2. The molecule has 2 aromatic heterocycles. The maximum atomic E-state index is 15.0. The average Bonchev–Trinajstić information content (AvgIpc) is 3.64. The molecule has 3 N–H and O–H groups in total. The molecule has 4 aromatic rings. The number of aromatic amines is 1. The third-order valence-corrected chi connectivity index (χ3v) is 7.39. The molecule has 2 bridgehead atoms. The van der Waals surface area contributed by atoms with E-state index in [1.165, 1.54) is 31.5 Å². The van der Waals surface area contributed by atoms with Crippen molar-refractivity contribution in [1.82, 2.24) is 25.5 Å². The van der Waals surface area contributed by atoms with Crippen molar-refractivity contribution in [2.45, 2.75) is 38.0 Å². The van der Waals surface area contributed by atoms with E-state index in [0.717, 1.165) is 18.9 Å². The number of rotatable bonds is 7. The zero-order chi connectivity index (χ0) is 26.4. The highest BCUT2D eigenvalue weighted by Gasteiger charge is 2.41. The molecule has 4 unspecified atom stereocenters.